The van der Waals surface area contributed by atoms with Gasteiger partial charge in [-0.25, -0.2) is 4.79 Å². The molecule has 38 heavy (non-hydrogen) atoms. The minimum absolute atomic E-state index is 0.130. The molecule has 0 bridgehead atoms. The number of halogens is 1. The molecule has 2 heterocycles. The summed E-state index contributed by atoms with van der Waals surface area (Å²) >= 11 is 7.22. The van der Waals surface area contributed by atoms with Crippen LogP contribution in [-0.2, 0) is 28.7 Å². The first-order chi connectivity index (χ1) is 18.3. The molecule has 1 N–H and O–H groups in total. The van der Waals surface area contributed by atoms with Crippen LogP contribution < -0.4 is 5.32 Å². The van der Waals surface area contributed by atoms with Crippen LogP contribution in [0.1, 0.15) is 30.6 Å². The first kappa shape index (κ1) is 27.0. The second kappa shape index (κ2) is 12.0. The van der Waals surface area contributed by atoms with Gasteiger partial charge in [0.25, 0.3) is 5.91 Å². The highest BCUT2D eigenvalue weighted by molar-refractivity contribution is 8.04. The van der Waals surface area contributed by atoms with Gasteiger partial charge in [0.15, 0.2) is 6.10 Å². The van der Waals surface area contributed by atoms with Gasteiger partial charge in [0.2, 0.25) is 5.91 Å². The number of nitrogens with zero attached hydrogens (tertiary/aromatic N) is 2. The summed E-state index contributed by atoms with van der Waals surface area (Å²) in [6.07, 6.45) is -1.22. The van der Waals surface area contributed by atoms with E-state index in [0.717, 1.165) is 11.8 Å². The van der Waals surface area contributed by atoms with Crippen LogP contribution in [-0.4, -0.2) is 46.7 Å². The van der Waals surface area contributed by atoms with E-state index in [1.165, 1.54) is 17.4 Å². The van der Waals surface area contributed by atoms with E-state index < -0.39 is 47.7 Å². The molecule has 2 atom stereocenters. The first-order valence-corrected chi connectivity index (χ1v) is 12.8. The summed E-state index contributed by atoms with van der Waals surface area (Å²) in [5, 5.41) is 10.6. The number of β-lactam (4-membered cyclic amide) rings is 1. The maximum absolute atomic E-state index is 13.8. The van der Waals surface area contributed by atoms with Gasteiger partial charge in [0, 0.05) is 22.9 Å². The maximum Gasteiger partial charge on any atom is 0.356 e. The molecule has 0 radical (unpaired) electrons. The highest BCUT2D eigenvalue weighted by Crippen LogP contribution is 2.47. The van der Waals surface area contributed by atoms with E-state index in [1.807, 2.05) is 60.7 Å². The van der Waals surface area contributed by atoms with Crippen LogP contribution >= 0.6 is 23.4 Å². The second-order valence-corrected chi connectivity index (χ2v) is 9.66. The van der Waals surface area contributed by atoms with E-state index >= 15 is 0 Å². The van der Waals surface area contributed by atoms with E-state index in [0.29, 0.717) is 16.0 Å². The zero-order chi connectivity index (χ0) is 27.2. The van der Waals surface area contributed by atoms with Crippen molar-refractivity contribution < 1.29 is 28.7 Å². The topological polar surface area (TPSA) is 126 Å². The normalized spacial score (nSPS) is 19.4. The molecule has 11 heteroatoms. The predicted octanol–water partition coefficient (Wildman–Crippen LogP) is 3.53. The van der Waals surface area contributed by atoms with Crippen molar-refractivity contribution >= 4 is 47.1 Å². The van der Waals surface area contributed by atoms with Crippen LogP contribution in [0.3, 0.4) is 0 Å². The number of nitriles is 1. The third-order valence-corrected chi connectivity index (χ3v) is 7.50. The van der Waals surface area contributed by atoms with Crippen molar-refractivity contribution in [1.29, 1.82) is 5.26 Å². The maximum atomic E-state index is 13.8. The molecular formula is C27H22ClN3O6S. The zero-order valence-corrected chi connectivity index (χ0v) is 21.7. The number of nitrogens with one attached hydrogen (secondary N) is 1. The molecule has 0 spiro atoms. The van der Waals surface area contributed by atoms with Gasteiger partial charge < -0.3 is 14.8 Å². The number of carbonyl (C=O) groups is 4. The Hall–Kier alpha value is -4.07. The third-order valence-electron chi connectivity index (χ3n) is 5.81. The Morgan fingerprint density at radius 2 is 1.74 bits per heavy atom. The largest absolute Gasteiger partial charge is 0.461 e. The predicted molar refractivity (Wildman–Crippen MR) is 139 cm³/mol. The molecule has 0 aromatic heterocycles. The van der Waals surface area contributed by atoms with Crippen molar-refractivity contribution in [2.75, 3.05) is 6.61 Å². The second-order valence-electron chi connectivity index (χ2n) is 8.28. The van der Waals surface area contributed by atoms with Gasteiger partial charge in [-0.3, -0.25) is 19.3 Å². The Balaban J connectivity index is 1.73. The Morgan fingerprint density at radius 1 is 1.13 bits per heavy atom. The van der Waals surface area contributed by atoms with Crippen LogP contribution in [0.5, 0.6) is 0 Å². The van der Waals surface area contributed by atoms with Crippen LogP contribution in [0.2, 0.25) is 0 Å². The van der Waals surface area contributed by atoms with E-state index in [1.54, 1.807) is 6.07 Å². The Labute approximate surface area is 228 Å². The number of esters is 2. The molecule has 2 aromatic carbocycles. The van der Waals surface area contributed by atoms with Gasteiger partial charge in [-0.05, 0) is 11.1 Å². The van der Waals surface area contributed by atoms with Crippen LogP contribution in [0.15, 0.2) is 82.4 Å². The van der Waals surface area contributed by atoms with Gasteiger partial charge in [-0.2, -0.15) is 5.26 Å². The molecule has 2 aliphatic heterocycles. The molecule has 4 rings (SSSR count). The summed E-state index contributed by atoms with van der Waals surface area (Å²) in [7, 11) is 0. The van der Waals surface area contributed by atoms with Crippen molar-refractivity contribution in [3.05, 3.63) is 93.5 Å². The summed E-state index contributed by atoms with van der Waals surface area (Å²) in [6.45, 7) is 0.895. The fourth-order valence-electron chi connectivity index (χ4n) is 4.09. The average Bonchev–Trinajstić information content (AvgIpc) is 2.93. The Morgan fingerprint density at radius 3 is 2.26 bits per heavy atom. The van der Waals surface area contributed by atoms with E-state index in [9.17, 15) is 19.2 Å². The minimum Gasteiger partial charge on any atom is -0.461 e. The van der Waals surface area contributed by atoms with Crippen LogP contribution in [0.25, 0.3) is 0 Å². The first-order valence-electron chi connectivity index (χ1n) is 11.5. The molecule has 2 aliphatic rings. The van der Waals surface area contributed by atoms with Crippen molar-refractivity contribution in [3.8, 4) is 6.07 Å². The summed E-state index contributed by atoms with van der Waals surface area (Å²) < 4.78 is 11.2. The Bertz CT molecular complexity index is 1320. The zero-order valence-electron chi connectivity index (χ0n) is 20.1. The van der Waals surface area contributed by atoms with Crippen molar-refractivity contribution in [3.63, 3.8) is 0 Å². The number of fused-ring (bicyclic) bond motifs is 1. The quantitative estimate of drug-likeness (QED) is 0.390. The van der Waals surface area contributed by atoms with E-state index in [2.05, 4.69) is 5.32 Å². The standard InChI is InChI=1S/C27H22ClN3O6S/c1-16(32)36-15-19-20(14-28)38-26-22(30-21(33)12-13-29)25(34)31(26)23(19)27(35)37-24(17-8-4-2-5-9-17)18-10-6-3-7-11-18/h2-11,14,22,24,26H,12,15H2,1H3,(H,30,33)/b20-14-/t22?,26-/m1/s1. The number of benzene rings is 2. The number of carbonyl (C=O) groups excluding carboxylic acids is 4. The fraction of sp³-hybridized carbons (Fsp3) is 0.222. The summed E-state index contributed by atoms with van der Waals surface area (Å²) in [5.41, 5.74) is 2.71. The molecule has 2 amide bonds. The number of amides is 2. The average molecular weight is 552 g/mol. The molecule has 9 nitrogen and oxygen atoms in total. The molecular weight excluding hydrogens is 530 g/mol. The summed E-state index contributed by atoms with van der Waals surface area (Å²) in [6, 6.07) is 19.0. The number of rotatable bonds is 8. The highest BCUT2D eigenvalue weighted by atomic mass is 35.5. The lowest BCUT2D eigenvalue weighted by atomic mass is 10.00. The van der Waals surface area contributed by atoms with Crippen LogP contribution in [0, 0.1) is 11.3 Å². The number of hydrogen-bond acceptors (Lipinski definition) is 8. The number of hydrogen-bond donors (Lipinski definition) is 1. The van der Waals surface area contributed by atoms with Crippen molar-refractivity contribution in [2.24, 2.45) is 0 Å². The molecule has 2 aromatic rings. The molecule has 1 saturated heterocycles. The molecule has 194 valence electrons. The third kappa shape index (κ3) is 5.59. The van der Waals surface area contributed by atoms with Gasteiger partial charge in [0.05, 0.1) is 6.07 Å². The molecule has 0 aliphatic carbocycles. The lowest BCUT2D eigenvalue weighted by Gasteiger charge is -2.50. The SMILES string of the molecule is CC(=O)OCC1=C(C(=O)OC(c2ccccc2)c2ccccc2)N2C(=O)C(NC(=O)CC#N)[C@H]2S/C1=C\Cl. The highest BCUT2D eigenvalue weighted by Gasteiger charge is 2.56. The molecule has 1 unspecified atom stereocenters. The van der Waals surface area contributed by atoms with Gasteiger partial charge >= 0.3 is 11.9 Å². The van der Waals surface area contributed by atoms with Gasteiger partial charge in [-0.15, -0.1) is 0 Å². The van der Waals surface area contributed by atoms with Crippen molar-refractivity contribution in [2.45, 2.75) is 30.9 Å². The summed E-state index contributed by atoms with van der Waals surface area (Å²) in [4.78, 5) is 52.2. The van der Waals surface area contributed by atoms with Gasteiger partial charge in [-0.1, -0.05) is 84.0 Å². The smallest absolute Gasteiger partial charge is 0.356 e. The van der Waals surface area contributed by atoms with E-state index in [4.69, 9.17) is 26.3 Å². The minimum atomic E-state index is -0.982. The molecule has 1 fully saturated rings. The van der Waals surface area contributed by atoms with E-state index in [-0.39, 0.29) is 17.9 Å². The van der Waals surface area contributed by atoms with Crippen LogP contribution in [0.4, 0.5) is 0 Å². The number of ether oxygens (including phenoxy) is 2. The monoisotopic (exact) mass is 551 g/mol. The Kier molecular flexibility index (Phi) is 8.51. The lowest BCUT2D eigenvalue weighted by molar-refractivity contribution is -0.154. The van der Waals surface area contributed by atoms with Crippen molar-refractivity contribution in [1.82, 2.24) is 10.2 Å². The fourth-order valence-corrected chi connectivity index (χ4v) is 5.62. The lowest BCUT2D eigenvalue weighted by Crippen LogP contribution is -2.70. The molecule has 0 saturated carbocycles. The van der Waals surface area contributed by atoms with Gasteiger partial charge in [0.1, 0.15) is 30.1 Å². The number of thioether (sulfide) groups is 1. The summed E-state index contributed by atoms with van der Waals surface area (Å²) in [5.74, 6) is -2.60.